The summed E-state index contributed by atoms with van der Waals surface area (Å²) in [5, 5.41) is 9.22. The molecule has 3 N–H and O–H groups in total. The van der Waals surface area contributed by atoms with E-state index >= 15 is 0 Å². The van der Waals surface area contributed by atoms with Crippen molar-refractivity contribution < 1.29 is 9.53 Å². The van der Waals surface area contributed by atoms with E-state index in [0.29, 0.717) is 37.1 Å². The summed E-state index contributed by atoms with van der Waals surface area (Å²) in [5.74, 6) is 1.27. The van der Waals surface area contributed by atoms with E-state index in [0.717, 1.165) is 24.0 Å². The van der Waals surface area contributed by atoms with Crippen LogP contribution in [0.25, 0.3) is 0 Å². The van der Waals surface area contributed by atoms with Gasteiger partial charge < -0.3 is 20.7 Å². The Morgan fingerprint density at radius 1 is 1.21 bits per heavy atom. The van der Waals surface area contributed by atoms with Crippen molar-refractivity contribution in [2.75, 3.05) is 27.2 Å². The molecule has 1 heterocycles. The van der Waals surface area contributed by atoms with Crippen LogP contribution in [-0.2, 0) is 13.0 Å². The van der Waals surface area contributed by atoms with Crippen LogP contribution in [0.3, 0.4) is 0 Å². The van der Waals surface area contributed by atoms with Gasteiger partial charge >= 0.3 is 0 Å². The first-order chi connectivity index (χ1) is 13.7. The number of hydrogen-bond acceptors (Lipinski definition) is 4. The van der Waals surface area contributed by atoms with Gasteiger partial charge in [0, 0.05) is 44.5 Å². The largest absolute Gasteiger partial charge is 0.477 e. The second kappa shape index (κ2) is 11.6. The molecule has 7 heteroatoms. The van der Waals surface area contributed by atoms with Crippen molar-refractivity contribution in [3.8, 4) is 5.88 Å². The zero-order valence-corrected chi connectivity index (χ0v) is 16.8. The highest BCUT2D eigenvalue weighted by molar-refractivity contribution is 5.94. The first-order valence-corrected chi connectivity index (χ1v) is 9.50. The lowest BCUT2D eigenvalue weighted by atomic mass is 10.1. The highest BCUT2D eigenvalue weighted by Gasteiger charge is 2.07. The number of nitrogens with one attached hydrogen (secondary N) is 3. The zero-order valence-electron chi connectivity index (χ0n) is 16.8. The van der Waals surface area contributed by atoms with E-state index in [4.69, 9.17) is 4.74 Å². The fourth-order valence-corrected chi connectivity index (χ4v) is 2.62. The summed E-state index contributed by atoms with van der Waals surface area (Å²) in [6, 6.07) is 11.5. The molecule has 1 aromatic carbocycles. The second-order valence-electron chi connectivity index (χ2n) is 6.20. The molecule has 0 fully saturated rings. The minimum atomic E-state index is -0.0788. The van der Waals surface area contributed by atoms with Crippen LogP contribution < -0.4 is 20.7 Å². The van der Waals surface area contributed by atoms with Gasteiger partial charge in [0.25, 0.3) is 5.91 Å². The van der Waals surface area contributed by atoms with E-state index in [9.17, 15) is 4.79 Å². The number of ether oxygens (including phenoxy) is 1. The second-order valence-corrected chi connectivity index (χ2v) is 6.20. The van der Waals surface area contributed by atoms with Crippen LogP contribution in [-0.4, -0.2) is 44.1 Å². The molecule has 28 heavy (non-hydrogen) atoms. The third kappa shape index (κ3) is 6.57. The Hall–Kier alpha value is -3.09. The van der Waals surface area contributed by atoms with Gasteiger partial charge in [0.15, 0.2) is 5.96 Å². The Morgan fingerprint density at radius 3 is 2.82 bits per heavy atom. The molecule has 0 spiro atoms. The van der Waals surface area contributed by atoms with Gasteiger partial charge in [0.1, 0.15) is 0 Å². The van der Waals surface area contributed by atoms with Crippen LogP contribution in [0.4, 0.5) is 0 Å². The van der Waals surface area contributed by atoms with Gasteiger partial charge in [-0.15, -0.1) is 0 Å². The van der Waals surface area contributed by atoms with Gasteiger partial charge in [-0.05, 0) is 36.6 Å². The molecule has 0 radical (unpaired) electrons. The number of amides is 1. The van der Waals surface area contributed by atoms with Crippen molar-refractivity contribution in [3.63, 3.8) is 0 Å². The van der Waals surface area contributed by atoms with Gasteiger partial charge in [-0.1, -0.05) is 25.1 Å². The average molecular weight is 383 g/mol. The molecule has 1 amide bonds. The number of nitrogens with zero attached hydrogens (tertiary/aromatic N) is 2. The molecule has 2 rings (SSSR count). The van der Waals surface area contributed by atoms with Gasteiger partial charge in [0.05, 0.1) is 6.61 Å². The van der Waals surface area contributed by atoms with Crippen LogP contribution in [0.5, 0.6) is 5.88 Å². The Labute approximate surface area is 166 Å². The minimum Gasteiger partial charge on any atom is -0.477 e. The number of hydrogen-bond donors (Lipinski definition) is 3. The Bertz CT molecular complexity index is 792. The summed E-state index contributed by atoms with van der Waals surface area (Å²) in [5.41, 5.74) is 2.74. The van der Waals surface area contributed by atoms with Crippen molar-refractivity contribution in [1.82, 2.24) is 20.9 Å². The van der Waals surface area contributed by atoms with Crippen molar-refractivity contribution in [3.05, 3.63) is 59.3 Å². The fraction of sp³-hybridized carbons (Fsp3) is 0.381. The molecule has 2 aromatic rings. The molecule has 7 nitrogen and oxygen atoms in total. The first-order valence-electron chi connectivity index (χ1n) is 9.50. The molecule has 0 aliphatic rings. The summed E-state index contributed by atoms with van der Waals surface area (Å²) >= 11 is 0. The lowest BCUT2D eigenvalue weighted by Gasteiger charge is -2.14. The quantitative estimate of drug-likeness (QED) is 0.456. The number of benzene rings is 1. The monoisotopic (exact) mass is 383 g/mol. The molecule has 0 atom stereocenters. The molecular weight excluding hydrogens is 354 g/mol. The molecule has 0 bridgehead atoms. The van der Waals surface area contributed by atoms with Gasteiger partial charge in [-0.3, -0.25) is 9.79 Å². The number of carbonyl (C=O) groups excluding carboxylic acids is 1. The van der Waals surface area contributed by atoms with Crippen molar-refractivity contribution in [2.24, 2.45) is 4.99 Å². The molecular formula is C21H29N5O2. The number of aliphatic imine (C=N–C) groups is 1. The Morgan fingerprint density at radius 2 is 2.07 bits per heavy atom. The highest BCUT2D eigenvalue weighted by atomic mass is 16.5. The molecule has 0 aliphatic heterocycles. The van der Waals surface area contributed by atoms with Crippen molar-refractivity contribution >= 4 is 11.9 Å². The SMILES string of the molecule is CCCOc1ncccc1CNC(=NC)NCCc1cccc(C(=O)NC)c1. The topological polar surface area (TPSA) is 87.6 Å². The summed E-state index contributed by atoms with van der Waals surface area (Å²) in [6.45, 7) is 3.98. The molecule has 0 saturated carbocycles. The van der Waals surface area contributed by atoms with Gasteiger partial charge in [-0.2, -0.15) is 0 Å². The number of rotatable bonds is 9. The third-order valence-corrected chi connectivity index (χ3v) is 4.09. The normalized spacial score (nSPS) is 11.0. The lowest BCUT2D eigenvalue weighted by Crippen LogP contribution is -2.38. The number of pyridine rings is 1. The van der Waals surface area contributed by atoms with Gasteiger partial charge in [0.2, 0.25) is 5.88 Å². The summed E-state index contributed by atoms with van der Waals surface area (Å²) in [7, 11) is 3.37. The Kier molecular flexibility index (Phi) is 8.78. The van der Waals surface area contributed by atoms with E-state index in [1.165, 1.54) is 0 Å². The molecule has 1 aromatic heterocycles. The predicted molar refractivity (Wildman–Crippen MR) is 112 cm³/mol. The predicted octanol–water partition coefficient (Wildman–Crippen LogP) is 2.14. The summed E-state index contributed by atoms with van der Waals surface area (Å²) in [4.78, 5) is 20.3. The van der Waals surface area contributed by atoms with Gasteiger partial charge in [-0.25, -0.2) is 4.98 Å². The van der Waals surface area contributed by atoms with E-state index in [1.807, 2.05) is 36.4 Å². The van der Waals surface area contributed by atoms with Crippen LogP contribution in [0.1, 0.15) is 34.8 Å². The fourth-order valence-electron chi connectivity index (χ4n) is 2.62. The molecule has 0 unspecified atom stereocenters. The maximum atomic E-state index is 11.7. The molecule has 0 aliphatic carbocycles. The number of carbonyl (C=O) groups is 1. The smallest absolute Gasteiger partial charge is 0.251 e. The third-order valence-electron chi connectivity index (χ3n) is 4.09. The first kappa shape index (κ1) is 21.2. The molecule has 150 valence electrons. The van der Waals surface area contributed by atoms with Crippen LogP contribution in [0.15, 0.2) is 47.6 Å². The zero-order chi connectivity index (χ0) is 20.2. The van der Waals surface area contributed by atoms with E-state index in [-0.39, 0.29) is 5.91 Å². The lowest BCUT2D eigenvalue weighted by molar-refractivity contribution is 0.0963. The van der Waals surface area contributed by atoms with E-state index in [1.54, 1.807) is 20.3 Å². The minimum absolute atomic E-state index is 0.0788. The molecule has 0 saturated heterocycles. The summed E-state index contributed by atoms with van der Waals surface area (Å²) in [6.07, 6.45) is 3.45. The summed E-state index contributed by atoms with van der Waals surface area (Å²) < 4.78 is 5.69. The average Bonchev–Trinajstić information content (AvgIpc) is 2.74. The van der Waals surface area contributed by atoms with Crippen molar-refractivity contribution in [2.45, 2.75) is 26.3 Å². The van der Waals surface area contributed by atoms with Crippen LogP contribution >= 0.6 is 0 Å². The number of guanidine groups is 1. The maximum absolute atomic E-state index is 11.7. The standard InChI is InChI=1S/C21H29N5O2/c1-4-13-28-20-18(9-6-11-24-20)15-26-21(23-3)25-12-10-16-7-5-8-17(14-16)19(27)22-2/h5-9,11,14H,4,10,12-13,15H2,1-3H3,(H,22,27)(H2,23,25,26). The number of aromatic nitrogens is 1. The van der Waals surface area contributed by atoms with Crippen molar-refractivity contribution in [1.29, 1.82) is 0 Å². The van der Waals surface area contributed by atoms with E-state index in [2.05, 4.69) is 32.9 Å². The van der Waals surface area contributed by atoms with Crippen LogP contribution in [0.2, 0.25) is 0 Å². The highest BCUT2D eigenvalue weighted by Crippen LogP contribution is 2.14. The van der Waals surface area contributed by atoms with E-state index < -0.39 is 0 Å². The Balaban J connectivity index is 1.85. The van der Waals surface area contributed by atoms with Crippen LogP contribution in [0, 0.1) is 0 Å². The maximum Gasteiger partial charge on any atom is 0.251 e.